The van der Waals surface area contributed by atoms with Gasteiger partial charge in [-0.1, -0.05) is 0 Å². The van der Waals surface area contributed by atoms with Gasteiger partial charge in [-0.15, -0.1) is 0 Å². The zero-order valence-electron chi connectivity index (χ0n) is 10.2. The van der Waals surface area contributed by atoms with Crippen molar-refractivity contribution >= 4 is 6.03 Å². The fraction of sp³-hybridized carbons (Fsp3) is 0.917. The highest BCUT2D eigenvalue weighted by atomic mass is 16.5. The second-order valence-electron chi connectivity index (χ2n) is 4.99. The minimum Gasteiger partial charge on any atom is -0.358 e. The van der Waals surface area contributed by atoms with Crippen LogP contribution in [-0.2, 0) is 4.74 Å². The molecule has 4 nitrogen and oxygen atoms in total. The number of amides is 2. The maximum Gasteiger partial charge on any atom is 0.319 e. The Hall–Kier alpha value is -0.770. The summed E-state index contributed by atoms with van der Waals surface area (Å²) in [6, 6.07) is 0.752. The molecular weight excluding hydrogens is 204 g/mol. The van der Waals surface area contributed by atoms with Crippen molar-refractivity contribution in [1.82, 2.24) is 10.2 Å². The van der Waals surface area contributed by atoms with Crippen molar-refractivity contribution in [3.8, 4) is 0 Å². The Morgan fingerprint density at radius 2 is 1.88 bits per heavy atom. The van der Waals surface area contributed by atoms with Crippen LogP contribution in [0.4, 0.5) is 4.79 Å². The molecule has 2 aliphatic heterocycles. The van der Waals surface area contributed by atoms with E-state index in [0.29, 0.717) is 12.1 Å². The molecule has 2 aliphatic rings. The minimum atomic E-state index is -0.0613. The van der Waals surface area contributed by atoms with E-state index in [1.54, 1.807) is 0 Å². The summed E-state index contributed by atoms with van der Waals surface area (Å²) in [6.07, 6.45) is 5.39. The number of nitrogens with one attached hydrogen (secondary N) is 1. The van der Waals surface area contributed by atoms with Crippen molar-refractivity contribution in [3.63, 3.8) is 0 Å². The predicted molar refractivity (Wildman–Crippen MR) is 62.1 cm³/mol. The standard InChI is InChI=1S/C12H22N2O2/c1-9-5-3-6-10(2)14(9)12(15)13-11-7-4-8-16-11/h9-11H,3-8H2,1-2H3,(H,13,15). The number of carbonyl (C=O) groups excluding carboxylic acids is 1. The predicted octanol–water partition coefficient (Wildman–Crippen LogP) is 2.10. The van der Waals surface area contributed by atoms with Gasteiger partial charge in [-0.25, -0.2) is 4.79 Å². The van der Waals surface area contributed by atoms with Crippen LogP contribution in [-0.4, -0.2) is 35.8 Å². The molecule has 2 rings (SSSR count). The molecule has 0 radical (unpaired) electrons. The third-order valence-corrected chi connectivity index (χ3v) is 3.64. The third kappa shape index (κ3) is 2.48. The van der Waals surface area contributed by atoms with Crippen molar-refractivity contribution in [2.45, 2.75) is 64.3 Å². The lowest BCUT2D eigenvalue weighted by Gasteiger charge is -2.39. The van der Waals surface area contributed by atoms with Crippen molar-refractivity contribution in [3.05, 3.63) is 0 Å². The van der Waals surface area contributed by atoms with Crippen LogP contribution >= 0.6 is 0 Å². The van der Waals surface area contributed by atoms with Crippen LogP contribution in [0, 0.1) is 0 Å². The summed E-state index contributed by atoms with van der Waals surface area (Å²) in [5, 5.41) is 2.97. The Balaban J connectivity index is 1.90. The average Bonchev–Trinajstić information content (AvgIpc) is 2.70. The van der Waals surface area contributed by atoms with Crippen LogP contribution in [0.2, 0.25) is 0 Å². The van der Waals surface area contributed by atoms with Gasteiger partial charge in [-0.2, -0.15) is 0 Å². The van der Waals surface area contributed by atoms with Gasteiger partial charge in [0, 0.05) is 18.7 Å². The highest BCUT2D eigenvalue weighted by molar-refractivity contribution is 5.75. The van der Waals surface area contributed by atoms with Gasteiger partial charge in [0.05, 0.1) is 0 Å². The monoisotopic (exact) mass is 226 g/mol. The number of carbonyl (C=O) groups is 1. The molecule has 0 bridgehead atoms. The number of piperidine rings is 1. The summed E-state index contributed by atoms with van der Waals surface area (Å²) in [4.78, 5) is 14.1. The van der Waals surface area contributed by atoms with Gasteiger partial charge in [0.15, 0.2) is 0 Å². The van der Waals surface area contributed by atoms with E-state index in [2.05, 4.69) is 19.2 Å². The van der Waals surface area contributed by atoms with Gasteiger partial charge in [0.1, 0.15) is 6.23 Å². The van der Waals surface area contributed by atoms with Gasteiger partial charge < -0.3 is 15.0 Å². The Morgan fingerprint density at radius 3 is 2.44 bits per heavy atom. The van der Waals surface area contributed by atoms with E-state index in [1.807, 2.05) is 4.90 Å². The molecule has 3 unspecified atom stereocenters. The number of likely N-dealkylation sites (tertiary alicyclic amines) is 1. The second kappa shape index (κ2) is 5.04. The first-order valence-corrected chi connectivity index (χ1v) is 6.39. The molecule has 0 aromatic carbocycles. The number of rotatable bonds is 1. The maximum absolute atomic E-state index is 12.1. The lowest BCUT2D eigenvalue weighted by atomic mass is 9.98. The summed E-state index contributed by atoms with van der Waals surface area (Å²) in [5.74, 6) is 0. The highest BCUT2D eigenvalue weighted by Gasteiger charge is 2.30. The molecule has 2 saturated heterocycles. The SMILES string of the molecule is CC1CCCC(C)N1C(=O)NC1CCCO1. The fourth-order valence-corrected chi connectivity index (χ4v) is 2.73. The number of nitrogens with zero attached hydrogens (tertiary/aromatic N) is 1. The van der Waals surface area contributed by atoms with E-state index >= 15 is 0 Å². The second-order valence-corrected chi connectivity index (χ2v) is 4.99. The van der Waals surface area contributed by atoms with Crippen molar-refractivity contribution in [2.24, 2.45) is 0 Å². The third-order valence-electron chi connectivity index (χ3n) is 3.64. The summed E-state index contributed by atoms with van der Waals surface area (Å²) < 4.78 is 5.43. The molecule has 0 spiro atoms. The van der Waals surface area contributed by atoms with Crippen LogP contribution in [0.15, 0.2) is 0 Å². The van der Waals surface area contributed by atoms with E-state index in [1.165, 1.54) is 6.42 Å². The molecule has 0 saturated carbocycles. The quantitative estimate of drug-likeness (QED) is 0.744. The van der Waals surface area contributed by atoms with E-state index in [9.17, 15) is 4.79 Å². The Labute approximate surface area is 97.3 Å². The summed E-state index contributed by atoms with van der Waals surface area (Å²) in [7, 11) is 0. The fourth-order valence-electron chi connectivity index (χ4n) is 2.73. The van der Waals surface area contributed by atoms with Crippen LogP contribution in [0.1, 0.15) is 46.0 Å². The van der Waals surface area contributed by atoms with E-state index in [0.717, 1.165) is 32.3 Å². The first-order valence-electron chi connectivity index (χ1n) is 6.39. The van der Waals surface area contributed by atoms with Gasteiger partial charge in [-0.05, 0) is 46.0 Å². The molecule has 3 atom stereocenters. The van der Waals surface area contributed by atoms with Crippen molar-refractivity contribution < 1.29 is 9.53 Å². The summed E-state index contributed by atoms with van der Waals surface area (Å²) >= 11 is 0. The average molecular weight is 226 g/mol. The summed E-state index contributed by atoms with van der Waals surface area (Å²) in [6.45, 7) is 5.03. The molecule has 0 aliphatic carbocycles. The van der Waals surface area contributed by atoms with Crippen molar-refractivity contribution in [1.29, 1.82) is 0 Å². The molecule has 2 amide bonds. The zero-order chi connectivity index (χ0) is 11.5. The Bertz CT molecular complexity index is 241. The molecule has 92 valence electrons. The topological polar surface area (TPSA) is 41.6 Å². The largest absolute Gasteiger partial charge is 0.358 e. The number of urea groups is 1. The van der Waals surface area contributed by atoms with Crippen molar-refractivity contribution in [2.75, 3.05) is 6.61 Å². The van der Waals surface area contributed by atoms with Gasteiger partial charge in [-0.3, -0.25) is 0 Å². The Morgan fingerprint density at radius 1 is 1.19 bits per heavy atom. The minimum absolute atomic E-state index is 0.0478. The normalized spacial score (nSPS) is 35.1. The molecule has 16 heavy (non-hydrogen) atoms. The van der Waals surface area contributed by atoms with Gasteiger partial charge in [0.2, 0.25) is 0 Å². The molecule has 2 fully saturated rings. The molecule has 4 heteroatoms. The van der Waals surface area contributed by atoms with E-state index in [-0.39, 0.29) is 12.3 Å². The lowest BCUT2D eigenvalue weighted by Crippen LogP contribution is -2.53. The van der Waals surface area contributed by atoms with Crippen LogP contribution in [0.5, 0.6) is 0 Å². The van der Waals surface area contributed by atoms with Gasteiger partial charge in [0.25, 0.3) is 0 Å². The first kappa shape index (κ1) is 11.7. The maximum atomic E-state index is 12.1. The smallest absolute Gasteiger partial charge is 0.319 e. The molecular formula is C12H22N2O2. The van der Waals surface area contributed by atoms with E-state index in [4.69, 9.17) is 4.74 Å². The first-order chi connectivity index (χ1) is 7.68. The van der Waals surface area contributed by atoms with Gasteiger partial charge >= 0.3 is 6.03 Å². The Kier molecular flexibility index (Phi) is 3.69. The van der Waals surface area contributed by atoms with Crippen LogP contribution < -0.4 is 5.32 Å². The molecule has 0 aromatic rings. The molecule has 1 N–H and O–H groups in total. The highest BCUT2D eigenvalue weighted by Crippen LogP contribution is 2.22. The number of hydrogen-bond acceptors (Lipinski definition) is 2. The van der Waals surface area contributed by atoms with Crippen LogP contribution in [0.25, 0.3) is 0 Å². The molecule has 0 aromatic heterocycles. The lowest BCUT2D eigenvalue weighted by molar-refractivity contribution is 0.0689. The zero-order valence-corrected chi connectivity index (χ0v) is 10.2. The number of ether oxygens (including phenoxy) is 1. The van der Waals surface area contributed by atoms with Crippen LogP contribution in [0.3, 0.4) is 0 Å². The number of hydrogen-bond donors (Lipinski definition) is 1. The molecule has 2 heterocycles. The summed E-state index contributed by atoms with van der Waals surface area (Å²) in [5.41, 5.74) is 0. The van der Waals surface area contributed by atoms with E-state index < -0.39 is 0 Å².